The summed E-state index contributed by atoms with van der Waals surface area (Å²) in [5.74, 6) is 1.10. The van der Waals surface area contributed by atoms with Gasteiger partial charge in [0.05, 0.1) is 29.5 Å². The highest BCUT2D eigenvalue weighted by atomic mass is 32.2. The van der Waals surface area contributed by atoms with E-state index in [2.05, 4.69) is 11.0 Å². The van der Waals surface area contributed by atoms with Gasteiger partial charge in [-0.15, -0.1) is 11.3 Å². The summed E-state index contributed by atoms with van der Waals surface area (Å²) in [7, 11) is 1.65. The van der Waals surface area contributed by atoms with Gasteiger partial charge in [0.15, 0.2) is 0 Å². The summed E-state index contributed by atoms with van der Waals surface area (Å²) in [6, 6.07) is 11.9. The van der Waals surface area contributed by atoms with Gasteiger partial charge in [-0.05, 0) is 48.4 Å². The minimum absolute atomic E-state index is 0.00765. The number of methoxy groups -OCH3 is 1. The van der Waals surface area contributed by atoms with Gasteiger partial charge >= 0.3 is 0 Å². The molecule has 0 saturated carbocycles. The lowest BCUT2D eigenvalue weighted by Gasteiger charge is -2.29. The van der Waals surface area contributed by atoms with Crippen LogP contribution in [-0.2, 0) is 4.79 Å². The van der Waals surface area contributed by atoms with Crippen molar-refractivity contribution in [2.45, 2.75) is 31.7 Å². The van der Waals surface area contributed by atoms with Crippen LogP contribution < -0.4 is 4.74 Å². The highest BCUT2D eigenvalue weighted by molar-refractivity contribution is 8.23. The van der Waals surface area contributed by atoms with E-state index in [4.69, 9.17) is 22.1 Å². The Labute approximate surface area is 191 Å². The molecule has 2 aromatic rings. The maximum absolute atomic E-state index is 13.2. The summed E-state index contributed by atoms with van der Waals surface area (Å²) < 4.78 is 6.10. The fraction of sp³-hybridized carbons (Fsp3) is 0.409. The molecule has 4 rings (SSSR count). The molecule has 1 amide bonds. The molecule has 1 saturated heterocycles. The van der Waals surface area contributed by atoms with Gasteiger partial charge in [0.25, 0.3) is 5.91 Å². The van der Waals surface area contributed by atoms with Crippen molar-refractivity contribution in [2.24, 2.45) is 5.10 Å². The minimum atomic E-state index is -0.107. The van der Waals surface area contributed by atoms with Crippen LogP contribution in [0.5, 0.6) is 5.75 Å². The van der Waals surface area contributed by atoms with Crippen molar-refractivity contribution in [3.63, 3.8) is 0 Å². The predicted octanol–water partition coefficient (Wildman–Crippen LogP) is 4.94. The Balaban J connectivity index is 1.48. The number of thiophene rings is 1. The second-order valence-corrected chi connectivity index (χ2v) is 9.91. The monoisotopic (exact) mass is 459 g/mol. The summed E-state index contributed by atoms with van der Waals surface area (Å²) in [5.41, 5.74) is 2.02. The molecule has 30 heavy (non-hydrogen) atoms. The van der Waals surface area contributed by atoms with E-state index in [9.17, 15) is 4.79 Å². The average Bonchev–Trinajstić information content (AvgIpc) is 3.48. The van der Waals surface area contributed by atoms with Crippen molar-refractivity contribution >= 4 is 51.3 Å². The highest BCUT2D eigenvalue weighted by Gasteiger charge is 2.33. The molecule has 158 valence electrons. The van der Waals surface area contributed by atoms with Crippen LogP contribution in [0.2, 0.25) is 0 Å². The molecule has 1 aromatic heterocycles. The number of benzene rings is 1. The lowest BCUT2D eigenvalue weighted by atomic mass is 10.0. The van der Waals surface area contributed by atoms with E-state index in [0.29, 0.717) is 12.2 Å². The predicted molar refractivity (Wildman–Crippen MR) is 129 cm³/mol. The van der Waals surface area contributed by atoms with Crippen LogP contribution >= 0.6 is 35.3 Å². The van der Waals surface area contributed by atoms with Gasteiger partial charge in [-0.25, -0.2) is 5.01 Å². The number of carbonyl (C=O) groups is 1. The van der Waals surface area contributed by atoms with Crippen molar-refractivity contribution in [2.75, 3.05) is 26.0 Å². The number of thiocarbonyl (C=S) groups is 1. The number of likely N-dealkylation sites (tertiary alicyclic amines) is 1. The van der Waals surface area contributed by atoms with Crippen molar-refractivity contribution < 1.29 is 9.53 Å². The lowest BCUT2D eigenvalue weighted by molar-refractivity contribution is -0.130. The van der Waals surface area contributed by atoms with Crippen LogP contribution in [0.15, 0.2) is 46.9 Å². The third-order valence-electron chi connectivity index (χ3n) is 5.41. The van der Waals surface area contributed by atoms with Crippen molar-refractivity contribution in [3.8, 4) is 5.75 Å². The summed E-state index contributed by atoms with van der Waals surface area (Å²) in [6.07, 6.45) is 4.32. The number of amides is 1. The zero-order chi connectivity index (χ0) is 20.9. The van der Waals surface area contributed by atoms with Crippen molar-refractivity contribution in [3.05, 3.63) is 52.2 Å². The number of carbonyl (C=O) groups excluding carboxylic acids is 1. The molecule has 2 aliphatic heterocycles. The summed E-state index contributed by atoms with van der Waals surface area (Å²) in [5, 5.41) is 8.43. The van der Waals surface area contributed by atoms with Gasteiger partial charge < -0.3 is 9.64 Å². The zero-order valence-corrected chi connectivity index (χ0v) is 19.4. The fourth-order valence-corrected chi connectivity index (χ4v) is 5.60. The third kappa shape index (κ3) is 4.87. The first-order valence-electron chi connectivity index (χ1n) is 10.1. The molecule has 0 spiro atoms. The minimum Gasteiger partial charge on any atom is -0.497 e. The zero-order valence-electron chi connectivity index (χ0n) is 17.0. The topological polar surface area (TPSA) is 45.1 Å². The standard InChI is InChI=1S/C22H25N3O2S3/c1-27-17-9-7-16(8-10-17)19-14-18(20-6-5-13-29-20)23-25(19)21(26)15-30-22(28)24-11-3-2-4-12-24/h5-10,13,19H,2-4,11-12,14-15H2,1H3/t19-/m1/s1. The Kier molecular flexibility index (Phi) is 7.07. The Morgan fingerprint density at radius 3 is 2.67 bits per heavy atom. The van der Waals surface area contributed by atoms with E-state index in [-0.39, 0.29) is 11.9 Å². The molecule has 0 bridgehead atoms. The number of thioether (sulfide) groups is 1. The summed E-state index contributed by atoms with van der Waals surface area (Å²) >= 11 is 8.69. The fourth-order valence-electron chi connectivity index (χ4n) is 3.77. The third-order valence-corrected chi connectivity index (χ3v) is 7.83. The number of hydrazone groups is 1. The summed E-state index contributed by atoms with van der Waals surface area (Å²) in [4.78, 5) is 16.5. The first-order chi connectivity index (χ1) is 14.7. The number of hydrogen-bond acceptors (Lipinski definition) is 6. The normalized spacial score (nSPS) is 19.0. The maximum atomic E-state index is 13.2. The number of rotatable bonds is 5. The number of ether oxygens (including phenoxy) is 1. The second kappa shape index (κ2) is 9.94. The average molecular weight is 460 g/mol. The SMILES string of the molecule is COc1ccc([C@H]2CC(c3cccs3)=NN2C(=O)CSC(=S)N2CCCCC2)cc1. The Morgan fingerprint density at radius 1 is 1.23 bits per heavy atom. The van der Waals surface area contributed by atoms with Crippen LogP contribution in [0.4, 0.5) is 0 Å². The van der Waals surface area contributed by atoms with Crippen LogP contribution in [0.1, 0.15) is 42.2 Å². The largest absolute Gasteiger partial charge is 0.497 e. The molecule has 0 radical (unpaired) electrons. The smallest absolute Gasteiger partial charge is 0.253 e. The van der Waals surface area contributed by atoms with Crippen molar-refractivity contribution in [1.29, 1.82) is 0 Å². The molecule has 0 aliphatic carbocycles. The molecule has 1 atom stereocenters. The first kappa shape index (κ1) is 21.3. The molecular weight excluding hydrogens is 434 g/mol. The molecule has 1 aromatic carbocycles. The summed E-state index contributed by atoms with van der Waals surface area (Å²) in [6.45, 7) is 2.00. The van der Waals surface area contributed by atoms with Crippen LogP contribution in [-0.4, -0.2) is 51.8 Å². The van der Waals surface area contributed by atoms with E-state index in [1.165, 1.54) is 31.0 Å². The molecule has 0 N–H and O–H groups in total. The van der Waals surface area contributed by atoms with E-state index >= 15 is 0 Å². The lowest BCUT2D eigenvalue weighted by Crippen LogP contribution is -2.34. The molecule has 2 aliphatic rings. The molecule has 3 heterocycles. The Morgan fingerprint density at radius 2 is 2.00 bits per heavy atom. The van der Waals surface area contributed by atoms with E-state index in [0.717, 1.165) is 39.3 Å². The molecular formula is C22H25N3O2S3. The van der Waals surface area contributed by atoms with E-state index in [1.807, 2.05) is 35.7 Å². The van der Waals surface area contributed by atoms with Gasteiger partial charge in [-0.1, -0.05) is 42.2 Å². The maximum Gasteiger partial charge on any atom is 0.253 e. The Bertz CT molecular complexity index is 906. The molecule has 5 nitrogen and oxygen atoms in total. The molecule has 8 heteroatoms. The molecule has 0 unspecified atom stereocenters. The van der Waals surface area contributed by atoms with Crippen LogP contribution in [0.3, 0.4) is 0 Å². The van der Waals surface area contributed by atoms with Crippen molar-refractivity contribution in [1.82, 2.24) is 9.91 Å². The molecule has 1 fully saturated rings. The van der Waals surface area contributed by atoms with Gasteiger partial charge in [-0.3, -0.25) is 4.79 Å². The van der Waals surface area contributed by atoms with Gasteiger partial charge in [0.2, 0.25) is 0 Å². The van der Waals surface area contributed by atoms with Crippen LogP contribution in [0, 0.1) is 0 Å². The number of piperidine rings is 1. The Hall–Kier alpha value is -1.90. The van der Waals surface area contributed by atoms with Gasteiger partial charge in [0.1, 0.15) is 10.1 Å². The second-order valence-electron chi connectivity index (χ2n) is 7.36. The van der Waals surface area contributed by atoms with E-state index in [1.54, 1.807) is 23.5 Å². The first-order valence-corrected chi connectivity index (χ1v) is 12.4. The van der Waals surface area contributed by atoms with Gasteiger partial charge in [0, 0.05) is 19.5 Å². The quantitative estimate of drug-likeness (QED) is 0.593. The van der Waals surface area contributed by atoms with Crippen LogP contribution in [0.25, 0.3) is 0 Å². The van der Waals surface area contributed by atoms with E-state index < -0.39 is 0 Å². The number of nitrogens with zero attached hydrogens (tertiary/aromatic N) is 3. The highest BCUT2D eigenvalue weighted by Crippen LogP contribution is 2.35. The van der Waals surface area contributed by atoms with Gasteiger partial charge in [-0.2, -0.15) is 5.10 Å². The number of hydrogen-bond donors (Lipinski definition) is 0.